The minimum absolute atomic E-state index is 0.201. The summed E-state index contributed by atoms with van der Waals surface area (Å²) in [5.74, 6) is 0. The fraction of sp³-hybridized carbons (Fsp3) is 0.0291. The molecule has 4 heteroatoms. The molecule has 4 nitrogen and oxygen atoms in total. The van der Waals surface area contributed by atoms with Gasteiger partial charge in [-0.3, -0.25) is 0 Å². The van der Waals surface area contributed by atoms with Crippen molar-refractivity contribution in [1.29, 1.82) is 0 Å². The molecule has 0 saturated heterocycles. The van der Waals surface area contributed by atoms with Crippen LogP contribution in [0, 0.1) is 0 Å². The van der Waals surface area contributed by atoms with Crippen LogP contribution in [0.25, 0.3) is 165 Å². The van der Waals surface area contributed by atoms with Gasteiger partial charge in [-0.05, 0) is 236 Å². The first-order valence-corrected chi connectivity index (χ1v) is 36.9. The van der Waals surface area contributed by atoms with Gasteiger partial charge in [0.2, 0.25) is 0 Å². The maximum atomic E-state index is 7.21. The Morgan fingerprint density at radius 3 is 1.33 bits per heavy atom. The Labute approximate surface area is 620 Å². The standard InChI is InChI=1S/C103H68N2O2/c1-103(2)96-32-18-16-30-85(96)86-55-51-80(60-97(86)103)104(76-48-40-71(41-49-76)90-63-101-94(87-31-17-19-33-99(87)106-101)61-89(90)70-25-10-5-11-26-70)79-50-54-83-81-28-14-15-29-82(81)92-57-73(42-52-84(92)93(83)59-79)74-43-53-88-95-62-91(75-35-34-67-24-12-13-27-72(67)56-75)98(64-102(95)107-100(88)58-74)105(77-44-36-68(37-45-77)65-20-6-3-7-21-65)78-46-38-69(39-47-78)66-22-8-4-9-23-66/h3-64H,1-2H3. The van der Waals surface area contributed by atoms with E-state index in [9.17, 15) is 0 Å². The van der Waals surface area contributed by atoms with Gasteiger partial charge >= 0.3 is 0 Å². The van der Waals surface area contributed by atoms with Gasteiger partial charge in [0.15, 0.2) is 0 Å². The van der Waals surface area contributed by atoms with Crippen LogP contribution >= 0.6 is 0 Å². The van der Waals surface area contributed by atoms with Gasteiger partial charge in [0.05, 0.1) is 5.69 Å². The molecule has 0 unspecified atom stereocenters. The van der Waals surface area contributed by atoms with Crippen molar-refractivity contribution in [2.75, 3.05) is 9.80 Å². The van der Waals surface area contributed by atoms with Crippen LogP contribution < -0.4 is 9.80 Å². The van der Waals surface area contributed by atoms with Gasteiger partial charge in [-0.25, -0.2) is 0 Å². The van der Waals surface area contributed by atoms with E-state index >= 15 is 0 Å². The molecule has 107 heavy (non-hydrogen) atoms. The van der Waals surface area contributed by atoms with E-state index < -0.39 is 0 Å². The lowest BCUT2D eigenvalue weighted by atomic mass is 9.82. The fourth-order valence-corrected chi connectivity index (χ4v) is 17.3. The van der Waals surface area contributed by atoms with Gasteiger partial charge in [0, 0.05) is 67.0 Å². The first-order chi connectivity index (χ1) is 52.8. The van der Waals surface area contributed by atoms with Crippen LogP contribution in [0.5, 0.6) is 0 Å². The predicted molar refractivity (Wildman–Crippen MR) is 451 cm³/mol. The molecule has 0 radical (unpaired) electrons. The number of anilines is 6. The second kappa shape index (κ2) is 24.7. The third-order valence-electron chi connectivity index (χ3n) is 22.6. The predicted octanol–water partition coefficient (Wildman–Crippen LogP) is 29.3. The van der Waals surface area contributed by atoms with Crippen molar-refractivity contribution >= 4 is 121 Å². The van der Waals surface area contributed by atoms with Crippen LogP contribution in [0.3, 0.4) is 0 Å². The Hall–Kier alpha value is -13.8. The first kappa shape index (κ1) is 61.8. The molecule has 0 saturated carbocycles. The molecule has 2 aromatic heterocycles. The fourth-order valence-electron chi connectivity index (χ4n) is 17.3. The van der Waals surface area contributed by atoms with Gasteiger partial charge in [-0.2, -0.15) is 0 Å². The summed E-state index contributed by atoms with van der Waals surface area (Å²) in [5, 5.41) is 13.9. The summed E-state index contributed by atoms with van der Waals surface area (Å²) >= 11 is 0. The van der Waals surface area contributed by atoms with E-state index in [0.717, 1.165) is 134 Å². The molecular formula is C103H68N2O2. The zero-order valence-corrected chi connectivity index (χ0v) is 59.0. The number of nitrogens with zero attached hydrogens (tertiary/aromatic N) is 2. The molecular weight excluding hydrogens is 1300 g/mol. The molecule has 1 aliphatic rings. The summed E-state index contributed by atoms with van der Waals surface area (Å²) in [4.78, 5) is 4.85. The Bertz CT molecular complexity index is 6850. The van der Waals surface area contributed by atoms with Crippen LogP contribution in [0.4, 0.5) is 34.1 Å². The third kappa shape index (κ3) is 10.4. The number of hydrogen-bond acceptors (Lipinski definition) is 4. The minimum atomic E-state index is -0.201. The molecule has 2 heterocycles. The van der Waals surface area contributed by atoms with Crippen molar-refractivity contribution < 1.29 is 8.83 Å². The first-order valence-electron chi connectivity index (χ1n) is 36.9. The number of benzene rings is 18. The molecule has 0 spiro atoms. The van der Waals surface area contributed by atoms with E-state index in [-0.39, 0.29) is 5.41 Å². The molecule has 0 bridgehead atoms. The Kier molecular flexibility index (Phi) is 14.3. The van der Waals surface area contributed by atoms with Crippen molar-refractivity contribution in [2.24, 2.45) is 0 Å². The molecule has 0 fully saturated rings. The Balaban J connectivity index is 0.700. The van der Waals surface area contributed by atoms with Crippen LogP contribution in [0.15, 0.2) is 385 Å². The molecule has 0 amide bonds. The summed E-state index contributed by atoms with van der Waals surface area (Å²) < 4.78 is 13.8. The minimum Gasteiger partial charge on any atom is -0.456 e. The van der Waals surface area contributed by atoms with E-state index in [1.165, 1.54) is 76.5 Å². The Morgan fingerprint density at radius 1 is 0.196 bits per heavy atom. The van der Waals surface area contributed by atoms with Gasteiger partial charge in [-0.15, -0.1) is 0 Å². The van der Waals surface area contributed by atoms with E-state index in [1.807, 2.05) is 6.07 Å². The van der Waals surface area contributed by atoms with Gasteiger partial charge in [-0.1, -0.05) is 275 Å². The summed E-state index contributed by atoms with van der Waals surface area (Å²) in [7, 11) is 0. The van der Waals surface area contributed by atoms with Crippen LogP contribution in [0.2, 0.25) is 0 Å². The molecule has 502 valence electrons. The molecule has 1 aliphatic carbocycles. The molecule has 20 aromatic rings. The van der Waals surface area contributed by atoms with E-state index in [1.54, 1.807) is 0 Å². The van der Waals surface area contributed by atoms with Gasteiger partial charge in [0.1, 0.15) is 22.3 Å². The van der Waals surface area contributed by atoms with Crippen molar-refractivity contribution in [1.82, 2.24) is 0 Å². The van der Waals surface area contributed by atoms with Gasteiger partial charge < -0.3 is 18.6 Å². The number of furan rings is 2. The number of hydrogen-bond donors (Lipinski definition) is 0. The van der Waals surface area contributed by atoms with Gasteiger partial charge in [0.25, 0.3) is 0 Å². The molecule has 0 atom stereocenters. The smallest absolute Gasteiger partial charge is 0.137 e. The topological polar surface area (TPSA) is 32.8 Å². The monoisotopic (exact) mass is 1360 g/mol. The highest BCUT2D eigenvalue weighted by atomic mass is 16.3. The van der Waals surface area contributed by atoms with Crippen LogP contribution in [0.1, 0.15) is 25.0 Å². The lowest BCUT2D eigenvalue weighted by molar-refractivity contribution is 0.660. The second-order valence-corrected chi connectivity index (χ2v) is 29.1. The second-order valence-electron chi connectivity index (χ2n) is 29.1. The molecule has 0 N–H and O–H groups in total. The summed E-state index contributed by atoms with van der Waals surface area (Å²) in [6.45, 7) is 4.74. The maximum absolute atomic E-state index is 7.21. The summed E-state index contributed by atoms with van der Waals surface area (Å²) in [6.07, 6.45) is 0. The normalized spacial score (nSPS) is 12.5. The average molecular weight is 1370 g/mol. The largest absolute Gasteiger partial charge is 0.456 e. The summed E-state index contributed by atoms with van der Waals surface area (Å²) in [5.41, 5.74) is 28.4. The van der Waals surface area contributed by atoms with Crippen molar-refractivity contribution in [3.8, 4) is 77.9 Å². The average Bonchev–Trinajstić information content (AvgIpc) is 1.72. The van der Waals surface area contributed by atoms with Crippen LogP contribution in [-0.2, 0) is 5.41 Å². The summed E-state index contributed by atoms with van der Waals surface area (Å²) in [6, 6.07) is 138. The SMILES string of the molecule is CC1(C)c2ccccc2-c2ccc(N(c3ccc(-c4cc5oc6ccccc6c5cc4-c4ccccc4)cc3)c3ccc4c5ccccc5c5cc(-c6ccc7c(c6)oc6cc(N(c8ccc(-c9ccccc9)cc8)c8ccc(-c9ccccc9)cc8)c(-c8ccc9ccccc9c8)cc67)ccc5c4c3)cc21. The maximum Gasteiger partial charge on any atom is 0.137 e. The van der Waals surface area contributed by atoms with Crippen molar-refractivity contribution in [2.45, 2.75) is 19.3 Å². The van der Waals surface area contributed by atoms with E-state index in [2.05, 4.69) is 394 Å². The quantitative estimate of drug-likeness (QED) is 0.114. The zero-order valence-electron chi connectivity index (χ0n) is 59.0. The number of rotatable bonds is 12. The highest BCUT2D eigenvalue weighted by molar-refractivity contribution is 6.26. The van der Waals surface area contributed by atoms with Crippen LogP contribution in [-0.4, -0.2) is 0 Å². The highest BCUT2D eigenvalue weighted by Crippen LogP contribution is 2.53. The lowest BCUT2D eigenvalue weighted by Gasteiger charge is -2.29. The van der Waals surface area contributed by atoms with E-state index in [0.29, 0.717) is 0 Å². The lowest BCUT2D eigenvalue weighted by Crippen LogP contribution is -2.16. The molecule has 18 aromatic carbocycles. The molecule has 21 rings (SSSR count). The zero-order chi connectivity index (χ0) is 70.8. The third-order valence-corrected chi connectivity index (χ3v) is 22.6. The highest BCUT2D eigenvalue weighted by Gasteiger charge is 2.36. The van der Waals surface area contributed by atoms with E-state index in [4.69, 9.17) is 8.83 Å². The van der Waals surface area contributed by atoms with Crippen molar-refractivity contribution in [3.05, 3.63) is 387 Å². The molecule has 0 aliphatic heterocycles. The Morgan fingerprint density at radius 2 is 0.617 bits per heavy atom. The van der Waals surface area contributed by atoms with Crippen molar-refractivity contribution in [3.63, 3.8) is 0 Å². The number of fused-ring (bicyclic) bond motifs is 16. The number of para-hydroxylation sites is 1.